The molecule has 1 aromatic carbocycles. The molecule has 1 aliphatic carbocycles. The third-order valence-corrected chi connectivity index (χ3v) is 6.89. The first-order valence-electron chi connectivity index (χ1n) is 9.35. The Labute approximate surface area is 165 Å². The fraction of sp³-hybridized carbons (Fsp3) is 0.579. The highest BCUT2D eigenvalue weighted by atomic mass is 32.2. The van der Waals surface area contributed by atoms with Crippen LogP contribution in [-0.4, -0.2) is 50.4 Å². The van der Waals surface area contributed by atoms with Crippen molar-refractivity contribution in [1.29, 1.82) is 0 Å². The van der Waals surface area contributed by atoms with Crippen LogP contribution in [0.3, 0.4) is 0 Å². The monoisotopic (exact) mass is 412 g/mol. The SMILES string of the molecule is CCOc1ccc(NC(=O)CC2(C(=O)O)CCCCC2)cc1S(=O)(=O)N(C)C. The number of hydrogen-bond acceptors (Lipinski definition) is 5. The van der Waals surface area contributed by atoms with Gasteiger partial charge in [-0.05, 0) is 38.0 Å². The molecule has 1 saturated carbocycles. The number of benzene rings is 1. The molecule has 0 heterocycles. The van der Waals surface area contributed by atoms with E-state index in [2.05, 4.69) is 5.32 Å². The highest BCUT2D eigenvalue weighted by molar-refractivity contribution is 7.89. The van der Waals surface area contributed by atoms with Crippen LogP contribution in [0.2, 0.25) is 0 Å². The first kappa shape index (κ1) is 22.2. The van der Waals surface area contributed by atoms with Crippen LogP contribution in [0.5, 0.6) is 5.75 Å². The number of rotatable bonds is 8. The Morgan fingerprint density at radius 1 is 1.21 bits per heavy atom. The number of nitrogens with one attached hydrogen (secondary N) is 1. The van der Waals surface area contributed by atoms with Gasteiger partial charge in [0.15, 0.2) is 0 Å². The molecule has 0 bridgehead atoms. The maximum Gasteiger partial charge on any atom is 0.310 e. The predicted molar refractivity (Wildman–Crippen MR) is 105 cm³/mol. The van der Waals surface area contributed by atoms with Crippen molar-refractivity contribution in [3.63, 3.8) is 0 Å². The number of carboxylic acid groups (broad SMARTS) is 1. The minimum absolute atomic E-state index is 0.0530. The number of aliphatic carboxylic acids is 1. The molecule has 0 aliphatic heterocycles. The topological polar surface area (TPSA) is 113 Å². The lowest BCUT2D eigenvalue weighted by Crippen LogP contribution is -2.37. The summed E-state index contributed by atoms with van der Waals surface area (Å²) in [4.78, 5) is 24.2. The van der Waals surface area contributed by atoms with Crippen molar-refractivity contribution in [3.8, 4) is 5.75 Å². The zero-order valence-corrected chi connectivity index (χ0v) is 17.3. The largest absolute Gasteiger partial charge is 0.492 e. The van der Waals surface area contributed by atoms with Gasteiger partial charge in [-0.1, -0.05) is 19.3 Å². The second-order valence-electron chi connectivity index (χ2n) is 7.25. The van der Waals surface area contributed by atoms with Crippen LogP contribution in [0.1, 0.15) is 45.4 Å². The molecule has 2 N–H and O–H groups in total. The molecule has 1 fully saturated rings. The molecular formula is C19H28N2O6S. The van der Waals surface area contributed by atoms with Crippen molar-refractivity contribution in [2.24, 2.45) is 5.41 Å². The van der Waals surface area contributed by atoms with Gasteiger partial charge in [-0.3, -0.25) is 9.59 Å². The Hall–Kier alpha value is -2.13. The van der Waals surface area contributed by atoms with E-state index < -0.39 is 27.3 Å². The van der Waals surface area contributed by atoms with Crippen LogP contribution in [0, 0.1) is 5.41 Å². The van der Waals surface area contributed by atoms with Crippen LogP contribution in [0.15, 0.2) is 23.1 Å². The summed E-state index contributed by atoms with van der Waals surface area (Å²) >= 11 is 0. The normalized spacial score (nSPS) is 16.6. The highest BCUT2D eigenvalue weighted by Gasteiger charge is 2.41. The van der Waals surface area contributed by atoms with Gasteiger partial charge in [0.2, 0.25) is 15.9 Å². The summed E-state index contributed by atoms with van der Waals surface area (Å²) in [6, 6.07) is 4.38. The summed E-state index contributed by atoms with van der Waals surface area (Å²) in [5.41, 5.74) is -0.767. The highest BCUT2D eigenvalue weighted by Crippen LogP contribution is 2.40. The van der Waals surface area contributed by atoms with Gasteiger partial charge in [0.1, 0.15) is 10.6 Å². The lowest BCUT2D eigenvalue weighted by atomic mass is 9.71. The van der Waals surface area contributed by atoms with E-state index in [1.807, 2.05) is 0 Å². The van der Waals surface area contributed by atoms with Gasteiger partial charge in [-0.25, -0.2) is 12.7 Å². The van der Waals surface area contributed by atoms with Gasteiger partial charge in [0.05, 0.1) is 12.0 Å². The molecule has 0 atom stereocenters. The summed E-state index contributed by atoms with van der Waals surface area (Å²) in [7, 11) is -0.952. The Morgan fingerprint density at radius 3 is 2.39 bits per heavy atom. The first-order chi connectivity index (χ1) is 13.1. The molecule has 0 aromatic heterocycles. The summed E-state index contributed by atoms with van der Waals surface area (Å²) in [6.07, 6.45) is 3.35. The number of carbonyl (C=O) groups is 2. The molecule has 9 heteroatoms. The number of nitrogens with zero attached hydrogens (tertiary/aromatic N) is 1. The molecule has 28 heavy (non-hydrogen) atoms. The summed E-state index contributed by atoms with van der Waals surface area (Å²) in [6.45, 7) is 2.04. The van der Waals surface area contributed by atoms with Gasteiger partial charge in [-0.2, -0.15) is 0 Å². The molecule has 8 nitrogen and oxygen atoms in total. The predicted octanol–water partition coefficient (Wildman–Crippen LogP) is 2.70. The van der Waals surface area contributed by atoms with E-state index in [1.165, 1.54) is 26.2 Å². The van der Waals surface area contributed by atoms with E-state index in [0.29, 0.717) is 19.4 Å². The van der Waals surface area contributed by atoms with Crippen LogP contribution in [-0.2, 0) is 19.6 Å². The van der Waals surface area contributed by atoms with E-state index in [1.54, 1.807) is 13.0 Å². The third-order valence-electron chi connectivity index (χ3n) is 5.05. The number of amides is 1. The van der Waals surface area contributed by atoms with Gasteiger partial charge >= 0.3 is 5.97 Å². The fourth-order valence-electron chi connectivity index (χ4n) is 3.47. The third kappa shape index (κ3) is 4.82. The van der Waals surface area contributed by atoms with Crippen molar-refractivity contribution in [2.75, 3.05) is 26.0 Å². The Balaban J connectivity index is 2.26. The summed E-state index contributed by atoms with van der Waals surface area (Å²) in [5, 5.41) is 12.3. The molecule has 2 rings (SSSR count). The number of carbonyl (C=O) groups excluding carboxylic acids is 1. The second-order valence-corrected chi connectivity index (χ2v) is 9.37. The Morgan fingerprint density at radius 2 is 1.86 bits per heavy atom. The number of sulfonamides is 1. The number of ether oxygens (including phenoxy) is 1. The van der Waals surface area contributed by atoms with Crippen LogP contribution in [0.4, 0.5) is 5.69 Å². The molecule has 1 aromatic rings. The van der Waals surface area contributed by atoms with Crippen molar-refractivity contribution >= 4 is 27.6 Å². The molecule has 0 spiro atoms. The fourth-order valence-corrected chi connectivity index (χ4v) is 4.52. The molecule has 0 saturated heterocycles. The van der Waals surface area contributed by atoms with E-state index >= 15 is 0 Å². The number of carboxylic acids is 1. The summed E-state index contributed by atoms with van der Waals surface area (Å²) in [5.74, 6) is -1.20. The van der Waals surface area contributed by atoms with Gasteiger partial charge in [-0.15, -0.1) is 0 Å². The zero-order valence-electron chi connectivity index (χ0n) is 16.5. The van der Waals surface area contributed by atoms with Crippen LogP contribution >= 0.6 is 0 Å². The first-order valence-corrected chi connectivity index (χ1v) is 10.8. The number of hydrogen-bond donors (Lipinski definition) is 2. The molecule has 0 radical (unpaired) electrons. The minimum Gasteiger partial charge on any atom is -0.492 e. The smallest absolute Gasteiger partial charge is 0.310 e. The summed E-state index contributed by atoms with van der Waals surface area (Å²) < 4.78 is 31.6. The zero-order chi connectivity index (χ0) is 20.9. The van der Waals surface area contributed by atoms with Crippen molar-refractivity contribution < 1.29 is 27.9 Å². The Bertz CT molecular complexity index is 829. The van der Waals surface area contributed by atoms with Crippen molar-refractivity contribution in [2.45, 2.75) is 50.3 Å². The average molecular weight is 413 g/mol. The lowest BCUT2D eigenvalue weighted by Gasteiger charge is -2.32. The second kappa shape index (κ2) is 8.91. The maximum absolute atomic E-state index is 12.6. The van der Waals surface area contributed by atoms with E-state index in [9.17, 15) is 23.1 Å². The van der Waals surface area contributed by atoms with Crippen LogP contribution < -0.4 is 10.1 Å². The molecule has 0 unspecified atom stereocenters. The molecule has 1 amide bonds. The van der Waals surface area contributed by atoms with Gasteiger partial charge in [0.25, 0.3) is 0 Å². The van der Waals surface area contributed by atoms with E-state index in [4.69, 9.17) is 4.74 Å². The van der Waals surface area contributed by atoms with Gasteiger partial charge < -0.3 is 15.2 Å². The molecule has 156 valence electrons. The van der Waals surface area contributed by atoms with Crippen LogP contribution in [0.25, 0.3) is 0 Å². The Kier molecular flexibility index (Phi) is 7.06. The lowest BCUT2D eigenvalue weighted by molar-refractivity contribution is -0.153. The molecular weight excluding hydrogens is 384 g/mol. The average Bonchev–Trinajstić information content (AvgIpc) is 2.63. The number of anilines is 1. The van der Waals surface area contributed by atoms with Crippen molar-refractivity contribution in [1.82, 2.24) is 4.31 Å². The standard InChI is InChI=1S/C19H28N2O6S/c1-4-27-15-9-8-14(12-16(15)28(25,26)21(2)3)20-17(22)13-19(18(23)24)10-6-5-7-11-19/h8-9,12H,4-7,10-11,13H2,1-3H3,(H,20,22)(H,23,24). The van der Waals surface area contributed by atoms with E-state index in [-0.39, 0.29) is 22.8 Å². The quantitative estimate of drug-likeness (QED) is 0.679. The van der Waals surface area contributed by atoms with Crippen molar-refractivity contribution in [3.05, 3.63) is 18.2 Å². The van der Waals surface area contributed by atoms with Gasteiger partial charge in [0, 0.05) is 26.2 Å². The van der Waals surface area contributed by atoms with E-state index in [0.717, 1.165) is 23.6 Å². The molecule has 1 aliphatic rings. The maximum atomic E-state index is 12.6. The minimum atomic E-state index is -3.78.